The number of ether oxygens (including phenoxy) is 1. The zero-order chi connectivity index (χ0) is 15.8. The molecule has 0 spiro atoms. The van der Waals surface area contributed by atoms with Crippen LogP contribution in [0.2, 0.25) is 0 Å². The summed E-state index contributed by atoms with van der Waals surface area (Å²) < 4.78 is 4.97. The van der Waals surface area contributed by atoms with Crippen molar-refractivity contribution >= 4 is 22.7 Å². The summed E-state index contributed by atoms with van der Waals surface area (Å²) in [5.74, 6) is -0.996. The van der Waals surface area contributed by atoms with Crippen LogP contribution in [0.5, 0.6) is 0 Å². The van der Waals surface area contributed by atoms with Gasteiger partial charge in [0.05, 0.1) is 5.56 Å². The van der Waals surface area contributed by atoms with E-state index in [0.717, 1.165) is 30.0 Å². The van der Waals surface area contributed by atoms with Crippen molar-refractivity contribution in [2.45, 2.75) is 45.4 Å². The predicted molar refractivity (Wildman–Crippen MR) is 87.7 cm³/mol. The summed E-state index contributed by atoms with van der Waals surface area (Å²) in [6.07, 6.45) is 5.57. The number of unbranched alkanes of at least 4 members (excludes halogenated alkanes) is 4. The van der Waals surface area contributed by atoms with Gasteiger partial charge in [0.25, 0.3) is 0 Å². The van der Waals surface area contributed by atoms with Gasteiger partial charge < -0.3 is 4.74 Å². The Kier molecular flexibility index (Phi) is 8.59. The molecule has 0 N–H and O–H groups in total. The molecule has 4 heteroatoms. The van der Waals surface area contributed by atoms with Crippen molar-refractivity contribution in [2.24, 2.45) is 0 Å². The molecule has 2 aromatic rings. The zero-order valence-corrected chi connectivity index (χ0v) is 14.4. The maximum absolute atomic E-state index is 12.2. The topological polar surface area (TPSA) is 43.4 Å². The van der Waals surface area contributed by atoms with E-state index < -0.39 is 11.9 Å². The maximum atomic E-state index is 12.2. The van der Waals surface area contributed by atoms with E-state index >= 15 is 0 Å². The predicted octanol–water partition coefficient (Wildman–Crippen LogP) is 4.88. The second-order valence-corrected chi connectivity index (χ2v) is 5.45. The summed E-state index contributed by atoms with van der Waals surface area (Å²) in [7, 11) is 0. The molecule has 0 aliphatic carbocycles. The number of hydrogen-bond donors (Lipinski definition) is 0. The van der Waals surface area contributed by atoms with Gasteiger partial charge in [0.15, 0.2) is 0 Å². The van der Waals surface area contributed by atoms with Gasteiger partial charge in [0, 0.05) is 23.2 Å². The molecule has 0 heterocycles. The van der Waals surface area contributed by atoms with Gasteiger partial charge in [-0.05, 0) is 23.3 Å². The van der Waals surface area contributed by atoms with Crippen molar-refractivity contribution < 1.29 is 31.1 Å². The van der Waals surface area contributed by atoms with E-state index in [4.69, 9.17) is 4.74 Å². The molecule has 2 rings (SSSR count). The Balaban J connectivity index is 0.00000264. The summed E-state index contributed by atoms with van der Waals surface area (Å²) in [6, 6.07) is 13.0. The molecular weight excluding hydrogens is 335 g/mol. The van der Waals surface area contributed by atoms with Gasteiger partial charge in [-0.3, -0.25) is 4.79 Å². The minimum absolute atomic E-state index is 0. The minimum Gasteiger partial charge on any atom is -0.389 e. The molecule has 0 bridgehead atoms. The summed E-state index contributed by atoms with van der Waals surface area (Å²) >= 11 is 0. The van der Waals surface area contributed by atoms with Crippen LogP contribution in [-0.2, 0) is 26.3 Å². The second-order valence-electron chi connectivity index (χ2n) is 5.45. The number of fused-ring (bicyclic) bond motifs is 1. The number of esters is 2. The van der Waals surface area contributed by atoms with Crippen molar-refractivity contribution in [2.75, 3.05) is 0 Å². The first-order valence-electron chi connectivity index (χ1n) is 7.95. The van der Waals surface area contributed by atoms with Crippen molar-refractivity contribution in [1.29, 1.82) is 0 Å². The zero-order valence-electron chi connectivity index (χ0n) is 13.3. The van der Waals surface area contributed by atoms with Crippen LogP contribution in [0.1, 0.15) is 55.8 Å². The van der Waals surface area contributed by atoms with E-state index in [1.54, 1.807) is 12.1 Å². The third-order valence-corrected chi connectivity index (χ3v) is 3.70. The van der Waals surface area contributed by atoms with Crippen LogP contribution in [0.15, 0.2) is 42.5 Å². The Morgan fingerprint density at radius 2 is 1.61 bits per heavy atom. The normalized spacial score (nSPS) is 10.1. The fourth-order valence-electron chi connectivity index (χ4n) is 2.49. The third kappa shape index (κ3) is 5.81. The second kappa shape index (κ2) is 10.2. The van der Waals surface area contributed by atoms with Gasteiger partial charge in [0.2, 0.25) is 0 Å². The molecule has 0 saturated carbocycles. The fourth-order valence-corrected chi connectivity index (χ4v) is 2.49. The van der Waals surface area contributed by atoms with Crippen LogP contribution in [-0.4, -0.2) is 11.9 Å². The summed E-state index contributed by atoms with van der Waals surface area (Å²) in [5, 5.41) is 1.77. The Hall–Kier alpha value is -1.65. The van der Waals surface area contributed by atoms with Crippen LogP contribution in [0.4, 0.5) is 0 Å². The van der Waals surface area contributed by atoms with E-state index in [1.165, 1.54) is 12.8 Å². The molecule has 0 unspecified atom stereocenters. The van der Waals surface area contributed by atoms with Crippen LogP contribution in [0.25, 0.3) is 10.8 Å². The molecule has 3 nitrogen and oxygen atoms in total. The number of benzene rings is 2. The SMILES string of the molecule is CCCCCCCC(=O)OC(=O)c1cccc2ccccc12.[Co]. The van der Waals surface area contributed by atoms with Crippen molar-refractivity contribution in [1.82, 2.24) is 0 Å². The van der Waals surface area contributed by atoms with E-state index in [1.807, 2.05) is 30.3 Å². The average Bonchev–Trinajstić information content (AvgIpc) is 2.54. The molecule has 1 radical (unpaired) electrons. The molecule has 0 fully saturated rings. The van der Waals surface area contributed by atoms with Crippen molar-refractivity contribution in [3.63, 3.8) is 0 Å². The Morgan fingerprint density at radius 3 is 2.39 bits per heavy atom. The number of rotatable bonds is 7. The number of carbonyl (C=O) groups excluding carboxylic acids is 2. The van der Waals surface area contributed by atoms with Gasteiger partial charge >= 0.3 is 11.9 Å². The maximum Gasteiger partial charge on any atom is 0.346 e. The Bertz CT molecular complexity index is 647. The van der Waals surface area contributed by atoms with Crippen molar-refractivity contribution in [3.05, 3.63) is 48.0 Å². The van der Waals surface area contributed by atoms with Crippen LogP contribution >= 0.6 is 0 Å². The molecule has 125 valence electrons. The van der Waals surface area contributed by atoms with Crippen molar-refractivity contribution in [3.8, 4) is 0 Å². The summed E-state index contributed by atoms with van der Waals surface area (Å²) in [5.41, 5.74) is 0.442. The first-order valence-corrected chi connectivity index (χ1v) is 7.95. The first kappa shape index (κ1) is 19.4. The Labute approximate surface area is 147 Å². The first-order chi connectivity index (χ1) is 10.7. The average molecular weight is 357 g/mol. The molecule has 2 aromatic carbocycles. The van der Waals surface area contributed by atoms with Crippen LogP contribution < -0.4 is 0 Å². The largest absolute Gasteiger partial charge is 0.389 e. The summed E-state index contributed by atoms with van der Waals surface area (Å²) in [6.45, 7) is 2.15. The Morgan fingerprint density at radius 1 is 0.913 bits per heavy atom. The molecule has 23 heavy (non-hydrogen) atoms. The van der Waals surface area contributed by atoms with Gasteiger partial charge in [-0.1, -0.05) is 69.0 Å². The van der Waals surface area contributed by atoms with E-state index in [2.05, 4.69) is 6.92 Å². The van der Waals surface area contributed by atoms with Gasteiger partial charge in [-0.15, -0.1) is 0 Å². The van der Waals surface area contributed by atoms with E-state index in [0.29, 0.717) is 12.0 Å². The smallest absolute Gasteiger partial charge is 0.346 e. The standard InChI is InChI=1S/C19H22O3.Co/c1-2-3-4-5-6-14-18(20)22-19(21)17-13-9-11-15-10-7-8-12-16(15)17;/h7-13H,2-6,14H2,1H3;. The van der Waals surface area contributed by atoms with Gasteiger partial charge in [0.1, 0.15) is 0 Å². The van der Waals surface area contributed by atoms with Crippen LogP contribution in [0, 0.1) is 0 Å². The fraction of sp³-hybridized carbons (Fsp3) is 0.368. The molecular formula is C19H22CoO3. The third-order valence-electron chi connectivity index (χ3n) is 3.70. The van der Waals surface area contributed by atoms with Gasteiger partial charge in [-0.25, -0.2) is 4.79 Å². The molecule has 0 atom stereocenters. The monoisotopic (exact) mass is 357 g/mol. The van der Waals surface area contributed by atoms with Gasteiger partial charge in [-0.2, -0.15) is 0 Å². The van der Waals surface area contributed by atoms with E-state index in [9.17, 15) is 9.59 Å². The van der Waals surface area contributed by atoms with E-state index in [-0.39, 0.29) is 16.8 Å². The molecule has 0 aliphatic rings. The molecule has 0 saturated heterocycles. The summed E-state index contributed by atoms with van der Waals surface area (Å²) in [4.78, 5) is 23.9. The number of carbonyl (C=O) groups is 2. The quantitative estimate of drug-likeness (QED) is 0.403. The minimum atomic E-state index is -0.560. The molecule has 0 aromatic heterocycles. The number of hydrogen-bond acceptors (Lipinski definition) is 3. The molecule has 0 aliphatic heterocycles. The van der Waals surface area contributed by atoms with Crippen LogP contribution in [0.3, 0.4) is 0 Å². The molecule has 0 amide bonds.